The lowest BCUT2D eigenvalue weighted by Crippen LogP contribution is -2.51. The van der Waals surface area contributed by atoms with Crippen LogP contribution in [0.1, 0.15) is 55.3 Å². The van der Waals surface area contributed by atoms with Crippen LogP contribution in [-0.2, 0) is 0 Å². The van der Waals surface area contributed by atoms with Crippen LogP contribution in [0.3, 0.4) is 0 Å². The van der Waals surface area contributed by atoms with E-state index in [9.17, 15) is 19.7 Å². The maximum atomic E-state index is 12.4. The number of nitro benzene ring substituents is 1. The summed E-state index contributed by atoms with van der Waals surface area (Å²) >= 11 is 0. The highest BCUT2D eigenvalue weighted by Crippen LogP contribution is 2.20. The zero-order valence-corrected chi connectivity index (χ0v) is 15.4. The molecule has 3 amide bonds. The number of piperidine rings is 1. The van der Waals surface area contributed by atoms with E-state index in [0.717, 1.165) is 12.8 Å². The van der Waals surface area contributed by atoms with E-state index in [1.165, 1.54) is 31.4 Å². The summed E-state index contributed by atoms with van der Waals surface area (Å²) in [6.45, 7) is 1.14. The Morgan fingerprint density at radius 1 is 0.963 bits per heavy atom. The van der Waals surface area contributed by atoms with E-state index in [2.05, 4.69) is 10.6 Å². The highest BCUT2D eigenvalue weighted by atomic mass is 16.6. The average molecular weight is 374 g/mol. The van der Waals surface area contributed by atoms with Crippen molar-refractivity contribution in [3.05, 3.63) is 39.9 Å². The normalized spacial score (nSPS) is 18.7. The van der Waals surface area contributed by atoms with Crippen molar-refractivity contribution in [3.8, 4) is 0 Å². The number of benzene rings is 1. The van der Waals surface area contributed by atoms with Crippen LogP contribution >= 0.6 is 0 Å². The molecular formula is C19H26N4O4. The third kappa shape index (κ3) is 4.96. The van der Waals surface area contributed by atoms with Gasteiger partial charge < -0.3 is 15.5 Å². The first-order valence-electron chi connectivity index (χ1n) is 9.64. The van der Waals surface area contributed by atoms with Gasteiger partial charge in [-0.1, -0.05) is 31.4 Å². The van der Waals surface area contributed by atoms with E-state index in [0.29, 0.717) is 25.9 Å². The number of urea groups is 1. The fourth-order valence-corrected chi connectivity index (χ4v) is 3.83. The summed E-state index contributed by atoms with van der Waals surface area (Å²) in [5.74, 6) is -0.438. The van der Waals surface area contributed by atoms with Crippen LogP contribution in [-0.4, -0.2) is 46.9 Å². The van der Waals surface area contributed by atoms with Gasteiger partial charge in [0.15, 0.2) is 0 Å². The molecule has 1 saturated heterocycles. The first-order chi connectivity index (χ1) is 13.0. The van der Waals surface area contributed by atoms with Crippen LogP contribution in [0.25, 0.3) is 0 Å². The third-order valence-electron chi connectivity index (χ3n) is 5.40. The van der Waals surface area contributed by atoms with Gasteiger partial charge in [0.1, 0.15) is 5.56 Å². The number of carbonyl (C=O) groups excluding carboxylic acids is 2. The van der Waals surface area contributed by atoms with Gasteiger partial charge in [0.2, 0.25) is 0 Å². The number of carbonyl (C=O) groups is 2. The summed E-state index contributed by atoms with van der Waals surface area (Å²) in [5.41, 5.74) is -0.126. The first-order valence-corrected chi connectivity index (χ1v) is 9.64. The maximum absolute atomic E-state index is 12.4. The fraction of sp³-hybridized carbons (Fsp3) is 0.579. The molecular weight excluding hydrogens is 348 g/mol. The minimum Gasteiger partial charge on any atom is -0.349 e. The molecule has 0 unspecified atom stereocenters. The molecule has 1 heterocycles. The molecule has 0 bridgehead atoms. The first kappa shape index (κ1) is 19.1. The summed E-state index contributed by atoms with van der Waals surface area (Å²) in [5, 5.41) is 17.1. The second-order valence-electron chi connectivity index (χ2n) is 7.29. The minimum atomic E-state index is -0.548. The minimum absolute atomic E-state index is 0.0228. The molecule has 1 saturated carbocycles. The molecule has 1 aromatic rings. The molecule has 1 aliphatic heterocycles. The van der Waals surface area contributed by atoms with Crippen molar-refractivity contribution in [2.45, 2.75) is 57.0 Å². The van der Waals surface area contributed by atoms with Crippen molar-refractivity contribution in [3.63, 3.8) is 0 Å². The average Bonchev–Trinajstić information content (AvgIpc) is 2.69. The molecule has 0 spiro atoms. The molecule has 8 nitrogen and oxygen atoms in total. The largest absolute Gasteiger partial charge is 0.349 e. The van der Waals surface area contributed by atoms with E-state index in [-0.39, 0.29) is 29.4 Å². The van der Waals surface area contributed by atoms with E-state index < -0.39 is 10.8 Å². The van der Waals surface area contributed by atoms with Crippen molar-refractivity contribution in [1.82, 2.24) is 15.5 Å². The predicted molar refractivity (Wildman–Crippen MR) is 101 cm³/mol. The number of hydrogen-bond donors (Lipinski definition) is 2. The molecule has 2 aliphatic rings. The lowest BCUT2D eigenvalue weighted by Gasteiger charge is -2.34. The Labute approximate surface area is 158 Å². The van der Waals surface area contributed by atoms with Gasteiger partial charge in [-0.25, -0.2) is 4.79 Å². The molecule has 0 aromatic heterocycles. The summed E-state index contributed by atoms with van der Waals surface area (Å²) < 4.78 is 0. The lowest BCUT2D eigenvalue weighted by molar-refractivity contribution is -0.385. The van der Waals surface area contributed by atoms with Crippen LogP contribution in [0.5, 0.6) is 0 Å². The smallest absolute Gasteiger partial charge is 0.317 e. The Balaban J connectivity index is 1.48. The Morgan fingerprint density at radius 2 is 1.59 bits per heavy atom. The van der Waals surface area contributed by atoms with Crippen LogP contribution < -0.4 is 10.6 Å². The lowest BCUT2D eigenvalue weighted by atomic mass is 9.95. The van der Waals surface area contributed by atoms with Crippen LogP contribution in [0, 0.1) is 10.1 Å². The molecule has 27 heavy (non-hydrogen) atoms. The fourth-order valence-electron chi connectivity index (χ4n) is 3.83. The SMILES string of the molecule is O=C(NC1CCN(C(=O)NC2CCCCC2)CC1)c1ccccc1[N+](=O)[O-]. The number of amides is 3. The predicted octanol–water partition coefficient (Wildman–Crippen LogP) is 2.83. The van der Waals surface area contributed by atoms with Crippen LogP contribution in [0.4, 0.5) is 10.5 Å². The zero-order valence-electron chi connectivity index (χ0n) is 15.4. The molecule has 3 rings (SSSR count). The van der Waals surface area contributed by atoms with Crippen molar-refractivity contribution in [2.75, 3.05) is 13.1 Å². The van der Waals surface area contributed by atoms with Crippen LogP contribution in [0.2, 0.25) is 0 Å². The van der Waals surface area contributed by atoms with Gasteiger partial charge in [0.25, 0.3) is 11.6 Å². The monoisotopic (exact) mass is 374 g/mol. The van der Waals surface area contributed by atoms with Crippen molar-refractivity contribution in [1.29, 1.82) is 0 Å². The Kier molecular flexibility index (Phi) is 6.26. The number of nitrogens with zero attached hydrogens (tertiary/aromatic N) is 2. The van der Waals surface area contributed by atoms with Gasteiger partial charge in [0.05, 0.1) is 4.92 Å². The number of rotatable bonds is 4. The zero-order chi connectivity index (χ0) is 19.2. The number of hydrogen-bond acceptors (Lipinski definition) is 4. The highest BCUT2D eigenvalue weighted by molar-refractivity contribution is 5.98. The van der Waals surface area contributed by atoms with E-state index in [4.69, 9.17) is 0 Å². The quantitative estimate of drug-likeness (QED) is 0.624. The summed E-state index contributed by atoms with van der Waals surface area (Å²) in [4.78, 5) is 37.1. The number of likely N-dealkylation sites (tertiary alicyclic amines) is 1. The Bertz CT molecular complexity index is 695. The van der Waals surface area contributed by atoms with Gasteiger partial charge >= 0.3 is 6.03 Å². The van der Waals surface area contributed by atoms with Gasteiger partial charge in [-0.05, 0) is 31.7 Å². The number of nitro groups is 1. The molecule has 2 N–H and O–H groups in total. The molecule has 8 heteroatoms. The maximum Gasteiger partial charge on any atom is 0.317 e. The standard InChI is InChI=1S/C19H26N4O4/c24-18(16-8-4-5-9-17(16)23(26)27)20-15-10-12-22(13-11-15)19(25)21-14-6-2-1-3-7-14/h4-5,8-9,14-15H,1-3,6-7,10-13H2,(H,20,24)(H,21,25). The van der Waals surface area contributed by atoms with Gasteiger partial charge in [-0.2, -0.15) is 0 Å². The molecule has 1 aromatic carbocycles. The molecule has 2 fully saturated rings. The molecule has 0 atom stereocenters. The van der Waals surface area contributed by atoms with Crippen LogP contribution in [0.15, 0.2) is 24.3 Å². The molecule has 1 aliphatic carbocycles. The Morgan fingerprint density at radius 3 is 2.26 bits per heavy atom. The summed E-state index contributed by atoms with van der Waals surface area (Å²) in [6, 6.07) is 6.11. The highest BCUT2D eigenvalue weighted by Gasteiger charge is 2.27. The topological polar surface area (TPSA) is 105 Å². The van der Waals surface area contributed by atoms with Crippen molar-refractivity contribution in [2.24, 2.45) is 0 Å². The van der Waals surface area contributed by atoms with Gasteiger partial charge in [-0.3, -0.25) is 14.9 Å². The van der Waals surface area contributed by atoms with E-state index in [1.807, 2.05) is 0 Å². The van der Waals surface area contributed by atoms with Gasteiger partial charge in [0, 0.05) is 31.2 Å². The van der Waals surface area contributed by atoms with E-state index in [1.54, 1.807) is 17.0 Å². The Hall–Kier alpha value is -2.64. The summed E-state index contributed by atoms with van der Waals surface area (Å²) in [6.07, 6.45) is 6.98. The molecule has 0 radical (unpaired) electrons. The van der Waals surface area contributed by atoms with Crippen molar-refractivity contribution >= 4 is 17.6 Å². The second-order valence-corrected chi connectivity index (χ2v) is 7.29. The molecule has 146 valence electrons. The second kappa shape index (κ2) is 8.83. The number of para-hydroxylation sites is 1. The number of nitrogens with one attached hydrogen (secondary N) is 2. The van der Waals surface area contributed by atoms with Crippen molar-refractivity contribution < 1.29 is 14.5 Å². The summed E-state index contributed by atoms with van der Waals surface area (Å²) in [7, 11) is 0. The third-order valence-corrected chi connectivity index (χ3v) is 5.40. The van der Waals surface area contributed by atoms with Gasteiger partial charge in [-0.15, -0.1) is 0 Å². The van der Waals surface area contributed by atoms with E-state index >= 15 is 0 Å².